The zero-order valence-electron chi connectivity index (χ0n) is 15.9. The molecule has 1 unspecified atom stereocenters. The van der Waals surface area contributed by atoms with Gasteiger partial charge in [0, 0.05) is 24.9 Å². The Hall–Kier alpha value is -2.41. The zero-order valence-corrected chi connectivity index (χ0v) is 17.4. The number of carbonyl (C=O) groups excluding carboxylic acids is 2. The van der Waals surface area contributed by atoms with Crippen LogP contribution in [0.4, 0.5) is 0 Å². The van der Waals surface area contributed by atoms with Crippen molar-refractivity contribution in [1.82, 2.24) is 15.6 Å². The summed E-state index contributed by atoms with van der Waals surface area (Å²) in [6, 6.07) is 7.67. The molecule has 0 aliphatic carbocycles. The molecule has 0 bridgehead atoms. The first-order valence-electron chi connectivity index (χ1n) is 9.17. The van der Waals surface area contributed by atoms with Crippen LogP contribution < -0.4 is 10.6 Å². The Morgan fingerprint density at radius 3 is 2.59 bits per heavy atom. The lowest BCUT2D eigenvalue weighted by atomic mass is 10.0. The average Bonchev–Trinajstić information content (AvgIpc) is 2.73. The number of halogens is 2. The molecule has 2 heterocycles. The van der Waals surface area contributed by atoms with Crippen molar-refractivity contribution in [1.29, 1.82) is 0 Å². The Morgan fingerprint density at radius 1 is 1.24 bits per heavy atom. The van der Waals surface area contributed by atoms with Gasteiger partial charge in [0.25, 0.3) is 5.91 Å². The van der Waals surface area contributed by atoms with Crippen LogP contribution in [0.1, 0.15) is 28.0 Å². The Labute approximate surface area is 179 Å². The van der Waals surface area contributed by atoms with Gasteiger partial charge in [-0.05, 0) is 42.3 Å². The number of nitrogens with zero attached hydrogens (tertiary/aromatic N) is 1. The molecule has 1 aliphatic heterocycles. The van der Waals surface area contributed by atoms with Crippen molar-refractivity contribution in [3.8, 4) is 0 Å². The maximum absolute atomic E-state index is 12.6. The van der Waals surface area contributed by atoms with Gasteiger partial charge in [0.05, 0.1) is 22.7 Å². The molecule has 1 aromatic heterocycles. The van der Waals surface area contributed by atoms with E-state index in [1.165, 1.54) is 12.7 Å². The number of hydrogen-bond donors (Lipinski definition) is 2. The summed E-state index contributed by atoms with van der Waals surface area (Å²) in [4.78, 5) is 29.3. The average molecular weight is 434 g/mol. The van der Waals surface area contributed by atoms with Crippen molar-refractivity contribution >= 4 is 40.7 Å². The molecule has 1 aliphatic rings. The smallest absolute Gasteiger partial charge is 0.328 e. The van der Waals surface area contributed by atoms with Crippen LogP contribution in [0.25, 0.3) is 5.57 Å². The standard InChI is InChI=1S/C21H21Cl2N3O3/c1-29-21(28)18(26-20(27)19-16(22)3-2-4-17(19)23)11-15-6-5-14(12-25-15)13-7-9-24-10-8-13/h2-7,12,18,24H,8-11H2,1H3,(H,26,27). The second kappa shape index (κ2) is 9.87. The molecule has 6 nitrogen and oxygen atoms in total. The van der Waals surface area contributed by atoms with E-state index in [9.17, 15) is 9.59 Å². The van der Waals surface area contributed by atoms with Crippen molar-refractivity contribution in [2.75, 3.05) is 20.2 Å². The molecule has 1 amide bonds. The topological polar surface area (TPSA) is 80.3 Å². The van der Waals surface area contributed by atoms with Gasteiger partial charge in [0.1, 0.15) is 6.04 Å². The van der Waals surface area contributed by atoms with Crippen LogP contribution in [0.5, 0.6) is 0 Å². The second-order valence-electron chi connectivity index (χ2n) is 6.57. The van der Waals surface area contributed by atoms with Gasteiger partial charge >= 0.3 is 5.97 Å². The van der Waals surface area contributed by atoms with E-state index in [4.69, 9.17) is 27.9 Å². The fraction of sp³-hybridized carbons (Fsp3) is 0.286. The molecule has 0 saturated carbocycles. The normalized spacial score (nSPS) is 14.7. The number of benzene rings is 1. The molecule has 8 heteroatoms. The summed E-state index contributed by atoms with van der Waals surface area (Å²) in [5.74, 6) is -1.12. The Kier molecular flexibility index (Phi) is 7.25. The Morgan fingerprint density at radius 2 is 2.00 bits per heavy atom. The summed E-state index contributed by atoms with van der Waals surface area (Å²) in [5, 5.41) is 6.33. The number of rotatable bonds is 6. The highest BCUT2D eigenvalue weighted by Gasteiger charge is 2.25. The molecule has 0 spiro atoms. The molecule has 0 fully saturated rings. The molecular weight excluding hydrogens is 413 g/mol. The number of carbonyl (C=O) groups is 2. The van der Waals surface area contributed by atoms with Crippen molar-refractivity contribution in [2.45, 2.75) is 18.9 Å². The maximum Gasteiger partial charge on any atom is 0.328 e. The summed E-state index contributed by atoms with van der Waals surface area (Å²) in [6.07, 6.45) is 5.06. The first-order valence-corrected chi connectivity index (χ1v) is 9.93. The quantitative estimate of drug-likeness (QED) is 0.683. The highest BCUT2D eigenvalue weighted by Crippen LogP contribution is 2.24. The van der Waals surface area contributed by atoms with E-state index in [0.717, 1.165) is 25.1 Å². The minimum absolute atomic E-state index is 0.117. The van der Waals surface area contributed by atoms with E-state index in [1.54, 1.807) is 24.4 Å². The van der Waals surface area contributed by atoms with Gasteiger partial charge in [0.15, 0.2) is 0 Å². The van der Waals surface area contributed by atoms with Crippen LogP contribution in [0, 0.1) is 0 Å². The highest BCUT2D eigenvalue weighted by atomic mass is 35.5. The SMILES string of the molecule is COC(=O)C(Cc1ccc(C2=CCNCC2)cn1)NC(=O)c1c(Cl)cccc1Cl. The molecule has 152 valence electrons. The summed E-state index contributed by atoms with van der Waals surface area (Å²) >= 11 is 12.2. The van der Waals surface area contributed by atoms with Crippen molar-refractivity contribution in [3.63, 3.8) is 0 Å². The largest absolute Gasteiger partial charge is 0.467 e. The van der Waals surface area contributed by atoms with Crippen molar-refractivity contribution < 1.29 is 14.3 Å². The number of aromatic nitrogens is 1. The fourth-order valence-electron chi connectivity index (χ4n) is 3.11. The van der Waals surface area contributed by atoms with Gasteiger partial charge in [-0.3, -0.25) is 9.78 Å². The van der Waals surface area contributed by atoms with E-state index in [0.29, 0.717) is 5.69 Å². The van der Waals surface area contributed by atoms with E-state index in [-0.39, 0.29) is 22.0 Å². The Balaban J connectivity index is 1.75. The van der Waals surface area contributed by atoms with E-state index < -0.39 is 17.9 Å². The molecule has 2 N–H and O–H groups in total. The van der Waals surface area contributed by atoms with Crippen LogP contribution in [-0.4, -0.2) is 43.1 Å². The van der Waals surface area contributed by atoms with Gasteiger partial charge in [-0.25, -0.2) is 4.79 Å². The van der Waals surface area contributed by atoms with Crippen LogP contribution in [-0.2, 0) is 16.0 Å². The van der Waals surface area contributed by atoms with E-state index >= 15 is 0 Å². The number of ether oxygens (including phenoxy) is 1. The first-order chi connectivity index (χ1) is 14.0. The van der Waals surface area contributed by atoms with Gasteiger partial charge in [-0.1, -0.05) is 41.4 Å². The summed E-state index contributed by atoms with van der Waals surface area (Å²) in [5.41, 5.74) is 3.07. The molecule has 1 atom stereocenters. The number of methoxy groups -OCH3 is 1. The Bertz CT molecular complexity index is 909. The van der Waals surface area contributed by atoms with E-state index in [2.05, 4.69) is 21.7 Å². The second-order valence-corrected chi connectivity index (χ2v) is 7.39. The van der Waals surface area contributed by atoms with Crippen molar-refractivity contribution in [2.24, 2.45) is 0 Å². The monoisotopic (exact) mass is 433 g/mol. The minimum Gasteiger partial charge on any atom is -0.467 e. The minimum atomic E-state index is -0.920. The molecule has 0 saturated heterocycles. The number of esters is 1. The summed E-state index contributed by atoms with van der Waals surface area (Å²) in [6.45, 7) is 1.78. The molecule has 2 aromatic rings. The third-order valence-corrected chi connectivity index (χ3v) is 5.28. The highest BCUT2D eigenvalue weighted by molar-refractivity contribution is 6.39. The fourth-order valence-corrected chi connectivity index (χ4v) is 3.68. The summed E-state index contributed by atoms with van der Waals surface area (Å²) < 4.78 is 4.84. The van der Waals surface area contributed by atoms with Crippen LogP contribution in [0.3, 0.4) is 0 Å². The van der Waals surface area contributed by atoms with Gasteiger partial charge in [-0.15, -0.1) is 0 Å². The van der Waals surface area contributed by atoms with Gasteiger partial charge < -0.3 is 15.4 Å². The first kappa shape index (κ1) is 21.3. The van der Waals surface area contributed by atoms with Crippen molar-refractivity contribution in [3.05, 3.63) is 69.5 Å². The van der Waals surface area contributed by atoms with Crippen LogP contribution in [0.2, 0.25) is 10.0 Å². The summed E-state index contributed by atoms with van der Waals surface area (Å²) in [7, 11) is 1.27. The maximum atomic E-state index is 12.6. The molecule has 1 aromatic carbocycles. The molecule has 0 radical (unpaired) electrons. The van der Waals surface area contributed by atoms with Crippen LogP contribution in [0.15, 0.2) is 42.6 Å². The lowest BCUT2D eigenvalue weighted by Gasteiger charge is -2.18. The number of hydrogen-bond acceptors (Lipinski definition) is 5. The lowest BCUT2D eigenvalue weighted by molar-refractivity contribution is -0.142. The number of pyridine rings is 1. The van der Waals surface area contributed by atoms with E-state index in [1.807, 2.05) is 12.1 Å². The number of amides is 1. The third-order valence-electron chi connectivity index (χ3n) is 4.65. The number of nitrogens with one attached hydrogen (secondary N) is 2. The zero-order chi connectivity index (χ0) is 20.8. The van der Waals surface area contributed by atoms with Crippen LogP contribution >= 0.6 is 23.2 Å². The van der Waals surface area contributed by atoms with Gasteiger partial charge in [-0.2, -0.15) is 0 Å². The third kappa shape index (κ3) is 5.35. The molecule has 3 rings (SSSR count). The predicted molar refractivity (Wildman–Crippen MR) is 113 cm³/mol. The lowest BCUT2D eigenvalue weighted by Crippen LogP contribution is -2.43. The molecule has 29 heavy (non-hydrogen) atoms. The van der Waals surface area contributed by atoms with Gasteiger partial charge in [0.2, 0.25) is 0 Å². The molecular formula is C21H21Cl2N3O3. The predicted octanol–water partition coefficient (Wildman–Crippen LogP) is 3.28.